The maximum Gasteiger partial charge on any atom is 0.257 e. The Hall–Kier alpha value is -1.89. The second-order valence-electron chi connectivity index (χ2n) is 6.32. The van der Waals surface area contributed by atoms with Gasteiger partial charge in [0.15, 0.2) is 0 Å². The van der Waals surface area contributed by atoms with Crippen molar-refractivity contribution in [3.63, 3.8) is 0 Å². The van der Waals surface area contributed by atoms with Gasteiger partial charge in [-0.25, -0.2) is 0 Å². The molecule has 2 aromatic rings. The zero-order valence-corrected chi connectivity index (χ0v) is 14.3. The number of quaternary nitrogens is 2. The molecule has 3 rings (SSSR count). The molecule has 0 unspecified atom stereocenters. The van der Waals surface area contributed by atoms with Crippen LogP contribution in [0.3, 0.4) is 0 Å². The number of hydrogen-bond acceptors (Lipinski definition) is 3. The number of aromatic amines is 1. The van der Waals surface area contributed by atoms with E-state index in [1.54, 1.807) is 12.0 Å². The number of benzene rings is 1. The summed E-state index contributed by atoms with van der Waals surface area (Å²) < 4.78 is 10.6. The minimum atomic E-state index is 0.00252. The molecule has 0 atom stereocenters. The summed E-state index contributed by atoms with van der Waals surface area (Å²) in [5, 5.41) is 3.23. The van der Waals surface area contributed by atoms with Crippen molar-refractivity contribution in [2.24, 2.45) is 0 Å². The molecule has 0 radical (unpaired) electrons. The second-order valence-corrected chi connectivity index (χ2v) is 6.32. The molecule has 1 saturated heterocycles. The first-order valence-electron chi connectivity index (χ1n) is 8.69. The number of H-pyrrole nitrogens is 1. The molecule has 6 heteroatoms. The molecule has 1 aromatic carbocycles. The zero-order valence-electron chi connectivity index (χ0n) is 14.3. The number of ether oxygens (including phenoxy) is 2. The number of rotatable bonds is 7. The van der Waals surface area contributed by atoms with E-state index in [9.17, 15) is 4.79 Å². The molecule has 2 heterocycles. The van der Waals surface area contributed by atoms with Crippen molar-refractivity contribution >= 4 is 10.9 Å². The maximum atomic E-state index is 12.2. The fourth-order valence-electron chi connectivity index (χ4n) is 3.17. The molecule has 0 spiro atoms. The molecule has 4 N–H and O–H groups in total. The van der Waals surface area contributed by atoms with Gasteiger partial charge in [0.2, 0.25) is 0 Å². The Labute approximate surface area is 141 Å². The first kappa shape index (κ1) is 17.0. The normalized spacial score (nSPS) is 15.7. The van der Waals surface area contributed by atoms with Crippen LogP contribution in [-0.2, 0) is 11.3 Å². The van der Waals surface area contributed by atoms with Crippen molar-refractivity contribution in [3.8, 4) is 5.75 Å². The zero-order chi connectivity index (χ0) is 16.8. The lowest BCUT2D eigenvalue weighted by Gasteiger charge is -2.23. The van der Waals surface area contributed by atoms with Gasteiger partial charge in [-0.3, -0.25) is 4.79 Å². The van der Waals surface area contributed by atoms with Gasteiger partial charge in [-0.15, -0.1) is 0 Å². The lowest BCUT2D eigenvalue weighted by molar-refractivity contribution is -0.909. The van der Waals surface area contributed by atoms with Gasteiger partial charge in [0.05, 0.1) is 39.0 Å². The summed E-state index contributed by atoms with van der Waals surface area (Å²) in [7, 11) is 1.65. The molecule has 24 heavy (non-hydrogen) atoms. The van der Waals surface area contributed by atoms with Gasteiger partial charge in [-0.1, -0.05) is 0 Å². The third-order valence-electron chi connectivity index (χ3n) is 4.63. The molecule has 0 saturated carbocycles. The minimum Gasteiger partial charge on any atom is -0.497 e. The molecule has 0 amide bonds. The van der Waals surface area contributed by atoms with Gasteiger partial charge in [-0.2, -0.15) is 0 Å². The summed E-state index contributed by atoms with van der Waals surface area (Å²) in [6, 6.07) is 7.67. The number of aromatic nitrogens is 1. The highest BCUT2D eigenvalue weighted by Crippen LogP contribution is 2.18. The van der Waals surface area contributed by atoms with Crippen LogP contribution in [0.15, 0.2) is 29.1 Å². The summed E-state index contributed by atoms with van der Waals surface area (Å²) in [6.07, 6.45) is 1.16. The Kier molecular flexibility index (Phi) is 5.85. The van der Waals surface area contributed by atoms with Crippen molar-refractivity contribution < 1.29 is 19.7 Å². The van der Waals surface area contributed by atoms with Crippen LogP contribution in [0.2, 0.25) is 0 Å². The van der Waals surface area contributed by atoms with Crippen LogP contribution >= 0.6 is 0 Å². The van der Waals surface area contributed by atoms with E-state index in [0.717, 1.165) is 61.5 Å². The van der Waals surface area contributed by atoms with Crippen LogP contribution in [0.5, 0.6) is 5.75 Å². The average molecular weight is 333 g/mol. The van der Waals surface area contributed by atoms with Crippen LogP contribution in [0.4, 0.5) is 0 Å². The third kappa shape index (κ3) is 4.35. The smallest absolute Gasteiger partial charge is 0.257 e. The molecular weight excluding hydrogens is 306 g/mol. The Bertz CT molecular complexity index is 723. The predicted molar refractivity (Wildman–Crippen MR) is 92.6 cm³/mol. The number of methoxy groups -OCH3 is 1. The van der Waals surface area contributed by atoms with Gasteiger partial charge >= 0.3 is 0 Å². The third-order valence-corrected chi connectivity index (χ3v) is 4.63. The minimum absolute atomic E-state index is 0.00252. The van der Waals surface area contributed by atoms with Gasteiger partial charge < -0.3 is 24.7 Å². The Morgan fingerprint density at radius 3 is 2.92 bits per heavy atom. The summed E-state index contributed by atoms with van der Waals surface area (Å²) in [5.74, 6) is 0.804. The highest BCUT2D eigenvalue weighted by molar-refractivity contribution is 5.80. The van der Waals surface area contributed by atoms with E-state index >= 15 is 0 Å². The quantitative estimate of drug-likeness (QED) is 0.564. The molecule has 1 aliphatic rings. The molecule has 0 bridgehead atoms. The largest absolute Gasteiger partial charge is 0.497 e. The monoisotopic (exact) mass is 333 g/mol. The van der Waals surface area contributed by atoms with Crippen molar-refractivity contribution in [3.05, 3.63) is 40.2 Å². The maximum absolute atomic E-state index is 12.2. The van der Waals surface area contributed by atoms with E-state index in [1.807, 2.05) is 24.3 Å². The molecule has 130 valence electrons. The fourth-order valence-corrected chi connectivity index (χ4v) is 3.17. The van der Waals surface area contributed by atoms with Crippen LogP contribution in [0, 0.1) is 0 Å². The molecule has 0 aliphatic carbocycles. The van der Waals surface area contributed by atoms with E-state index in [1.165, 1.54) is 6.54 Å². The van der Waals surface area contributed by atoms with Crippen molar-refractivity contribution in [2.45, 2.75) is 13.0 Å². The molecule has 6 nitrogen and oxygen atoms in total. The highest BCUT2D eigenvalue weighted by atomic mass is 16.5. The van der Waals surface area contributed by atoms with Gasteiger partial charge in [0.1, 0.15) is 25.4 Å². The SMILES string of the molecule is COc1ccc2[nH]c(=O)c(C[NH2+]CCC[NH+]3CCOCC3)cc2c1. The first-order valence-corrected chi connectivity index (χ1v) is 8.69. The lowest BCUT2D eigenvalue weighted by Crippen LogP contribution is -3.14. The Balaban J connectivity index is 1.52. The number of nitrogens with two attached hydrogens (primary N) is 1. The van der Waals surface area contributed by atoms with Gasteiger partial charge in [-0.05, 0) is 24.3 Å². The summed E-state index contributed by atoms with van der Waals surface area (Å²) in [4.78, 5) is 16.8. The van der Waals surface area contributed by atoms with E-state index in [2.05, 4.69) is 10.3 Å². The van der Waals surface area contributed by atoms with E-state index in [-0.39, 0.29) is 5.56 Å². The lowest BCUT2D eigenvalue weighted by atomic mass is 10.1. The molecule has 1 fully saturated rings. The first-order chi connectivity index (χ1) is 11.8. The van der Waals surface area contributed by atoms with Crippen LogP contribution in [0.1, 0.15) is 12.0 Å². The Morgan fingerprint density at radius 2 is 2.12 bits per heavy atom. The molecule has 1 aliphatic heterocycles. The van der Waals surface area contributed by atoms with Gasteiger partial charge in [0.25, 0.3) is 5.56 Å². The van der Waals surface area contributed by atoms with E-state index < -0.39 is 0 Å². The second kappa shape index (κ2) is 8.28. The molecular formula is C18H27N3O3+2. The standard InChI is InChI=1S/C18H25N3O3/c1-23-16-3-4-17-14(12-16)11-15(18(22)20-17)13-19-5-2-6-21-7-9-24-10-8-21/h3-4,11-12,19H,2,5-10,13H2,1H3,(H,20,22)/p+2. The topological polar surface area (TPSA) is 72.4 Å². The summed E-state index contributed by atoms with van der Waals surface area (Å²) in [6.45, 7) is 6.94. The van der Waals surface area contributed by atoms with Crippen LogP contribution in [0.25, 0.3) is 10.9 Å². The average Bonchev–Trinajstić information content (AvgIpc) is 2.62. The predicted octanol–water partition coefficient (Wildman–Crippen LogP) is -1.09. The van der Waals surface area contributed by atoms with Crippen molar-refractivity contribution in [1.29, 1.82) is 0 Å². The van der Waals surface area contributed by atoms with Crippen molar-refractivity contribution in [2.75, 3.05) is 46.5 Å². The van der Waals surface area contributed by atoms with Crippen LogP contribution < -0.4 is 20.5 Å². The number of pyridine rings is 1. The number of hydrogen-bond donors (Lipinski definition) is 3. The summed E-state index contributed by atoms with van der Waals surface area (Å²) >= 11 is 0. The fraction of sp³-hybridized carbons (Fsp3) is 0.500. The Morgan fingerprint density at radius 1 is 1.29 bits per heavy atom. The number of morpholine rings is 1. The summed E-state index contributed by atoms with van der Waals surface area (Å²) in [5.41, 5.74) is 1.66. The number of nitrogens with one attached hydrogen (secondary N) is 2. The highest BCUT2D eigenvalue weighted by Gasteiger charge is 2.13. The number of fused-ring (bicyclic) bond motifs is 1. The van der Waals surface area contributed by atoms with E-state index in [4.69, 9.17) is 9.47 Å². The van der Waals surface area contributed by atoms with E-state index in [0.29, 0.717) is 6.54 Å². The van der Waals surface area contributed by atoms with Crippen molar-refractivity contribution in [1.82, 2.24) is 4.98 Å². The molecule has 1 aromatic heterocycles. The van der Waals surface area contributed by atoms with Gasteiger partial charge in [0, 0.05) is 17.3 Å². The van der Waals surface area contributed by atoms with Crippen LogP contribution in [-0.4, -0.2) is 51.5 Å².